The van der Waals surface area contributed by atoms with Gasteiger partial charge in [-0.05, 0) is 39.5 Å². The van der Waals surface area contributed by atoms with Crippen LogP contribution in [-0.2, 0) is 10.0 Å². The molecule has 0 aromatic carbocycles. The number of aromatic nitrogens is 2. The third-order valence-electron chi connectivity index (χ3n) is 3.88. The zero-order valence-corrected chi connectivity index (χ0v) is 13.0. The van der Waals surface area contributed by atoms with Crippen molar-refractivity contribution in [2.24, 2.45) is 5.92 Å². The lowest BCUT2D eigenvalue weighted by Crippen LogP contribution is -2.42. The molecule has 0 bridgehead atoms. The van der Waals surface area contributed by atoms with E-state index in [0.717, 1.165) is 12.8 Å². The fourth-order valence-electron chi connectivity index (χ4n) is 2.45. The van der Waals surface area contributed by atoms with Gasteiger partial charge in [0.05, 0.1) is 12.4 Å². The molecule has 0 radical (unpaired) electrons. The number of hydrogen-bond donors (Lipinski definition) is 1. The first-order chi connectivity index (χ1) is 9.32. The van der Waals surface area contributed by atoms with Crippen LogP contribution in [0.2, 0.25) is 0 Å². The van der Waals surface area contributed by atoms with Gasteiger partial charge in [-0.25, -0.2) is 13.4 Å². The highest BCUT2D eigenvalue weighted by Gasteiger charge is 2.33. The SMILES string of the molecule is CC(O)C1CCCN(S(=O)(=O)c2cn(C(C)C)cn2)C1. The second-order valence-electron chi connectivity index (χ2n) is 5.76. The number of aliphatic hydroxyl groups excluding tert-OH is 1. The first-order valence-corrected chi connectivity index (χ1v) is 8.48. The number of sulfonamides is 1. The Balaban J connectivity index is 2.20. The predicted molar refractivity (Wildman–Crippen MR) is 75.8 cm³/mol. The van der Waals surface area contributed by atoms with E-state index in [4.69, 9.17) is 0 Å². The highest BCUT2D eigenvalue weighted by molar-refractivity contribution is 7.89. The Labute approximate surface area is 120 Å². The summed E-state index contributed by atoms with van der Waals surface area (Å²) in [6.07, 6.45) is 4.28. The molecule has 20 heavy (non-hydrogen) atoms. The highest BCUT2D eigenvalue weighted by Crippen LogP contribution is 2.25. The van der Waals surface area contributed by atoms with Gasteiger partial charge in [0, 0.05) is 25.3 Å². The van der Waals surface area contributed by atoms with Gasteiger partial charge in [-0.15, -0.1) is 0 Å². The molecular weight excluding hydrogens is 278 g/mol. The maximum absolute atomic E-state index is 12.6. The van der Waals surface area contributed by atoms with E-state index < -0.39 is 16.1 Å². The van der Waals surface area contributed by atoms with Crippen LogP contribution in [0.1, 0.15) is 39.7 Å². The highest BCUT2D eigenvalue weighted by atomic mass is 32.2. The average Bonchev–Trinajstić information content (AvgIpc) is 2.89. The minimum absolute atomic E-state index is 0.00529. The Bertz CT molecular complexity index is 551. The van der Waals surface area contributed by atoms with Crippen molar-refractivity contribution >= 4 is 10.0 Å². The van der Waals surface area contributed by atoms with E-state index in [-0.39, 0.29) is 17.0 Å². The molecule has 0 aliphatic carbocycles. The number of aliphatic hydroxyl groups is 1. The molecule has 2 rings (SSSR count). The summed E-state index contributed by atoms with van der Waals surface area (Å²) in [5.41, 5.74) is 0. The number of piperidine rings is 1. The molecular formula is C13H23N3O3S. The smallest absolute Gasteiger partial charge is 0.262 e. The second-order valence-corrected chi connectivity index (χ2v) is 7.64. The summed E-state index contributed by atoms with van der Waals surface area (Å²) in [5, 5.41) is 9.76. The number of rotatable bonds is 4. The molecule has 0 spiro atoms. The molecule has 2 atom stereocenters. The topological polar surface area (TPSA) is 75.4 Å². The van der Waals surface area contributed by atoms with E-state index in [1.54, 1.807) is 24.0 Å². The summed E-state index contributed by atoms with van der Waals surface area (Å²) in [6, 6.07) is 0.179. The molecule has 2 unspecified atom stereocenters. The maximum atomic E-state index is 12.6. The van der Waals surface area contributed by atoms with Gasteiger partial charge in [0.15, 0.2) is 5.03 Å². The zero-order chi connectivity index (χ0) is 14.9. The van der Waals surface area contributed by atoms with E-state index in [1.807, 2.05) is 13.8 Å². The molecule has 0 saturated carbocycles. The van der Waals surface area contributed by atoms with Crippen LogP contribution in [0.15, 0.2) is 17.6 Å². The van der Waals surface area contributed by atoms with Crippen molar-refractivity contribution in [1.29, 1.82) is 0 Å². The molecule has 2 heterocycles. The maximum Gasteiger partial charge on any atom is 0.262 e. The summed E-state index contributed by atoms with van der Waals surface area (Å²) in [4.78, 5) is 4.03. The molecule has 114 valence electrons. The van der Waals surface area contributed by atoms with Crippen LogP contribution < -0.4 is 0 Å². The summed E-state index contributed by atoms with van der Waals surface area (Å²) < 4.78 is 28.3. The molecule has 6 nitrogen and oxygen atoms in total. The molecule has 1 N–H and O–H groups in total. The van der Waals surface area contributed by atoms with Crippen molar-refractivity contribution in [1.82, 2.24) is 13.9 Å². The Morgan fingerprint density at radius 3 is 2.65 bits per heavy atom. The zero-order valence-electron chi connectivity index (χ0n) is 12.2. The van der Waals surface area contributed by atoms with Gasteiger partial charge in [0.1, 0.15) is 0 Å². The molecule has 1 aliphatic heterocycles. The lowest BCUT2D eigenvalue weighted by Gasteiger charge is -2.32. The lowest BCUT2D eigenvalue weighted by molar-refractivity contribution is 0.0884. The van der Waals surface area contributed by atoms with Crippen molar-refractivity contribution in [3.8, 4) is 0 Å². The largest absolute Gasteiger partial charge is 0.393 e. The van der Waals surface area contributed by atoms with Gasteiger partial charge in [-0.1, -0.05) is 0 Å². The van der Waals surface area contributed by atoms with E-state index >= 15 is 0 Å². The monoisotopic (exact) mass is 301 g/mol. The standard InChI is InChI=1S/C13H23N3O3S/c1-10(2)15-8-13(14-9-15)20(18,19)16-6-4-5-12(7-16)11(3)17/h8-12,17H,4-7H2,1-3H3. The molecule has 0 amide bonds. The minimum Gasteiger partial charge on any atom is -0.393 e. The average molecular weight is 301 g/mol. The van der Waals surface area contributed by atoms with Crippen molar-refractivity contribution in [3.05, 3.63) is 12.5 Å². The number of imidazole rings is 1. The lowest BCUT2D eigenvalue weighted by atomic mass is 9.95. The molecule has 1 aromatic heterocycles. The molecule has 1 fully saturated rings. The van der Waals surface area contributed by atoms with Gasteiger partial charge >= 0.3 is 0 Å². The first kappa shape index (κ1) is 15.5. The van der Waals surface area contributed by atoms with Crippen LogP contribution in [0.5, 0.6) is 0 Å². The third-order valence-corrected chi connectivity index (χ3v) is 5.63. The van der Waals surface area contributed by atoms with Crippen LogP contribution in [-0.4, -0.2) is 46.6 Å². The Kier molecular flexibility index (Phi) is 4.51. The van der Waals surface area contributed by atoms with Gasteiger partial charge in [-0.2, -0.15) is 4.31 Å². The molecule has 7 heteroatoms. The molecule has 1 aliphatic rings. The normalized spacial score (nSPS) is 23.1. The van der Waals surface area contributed by atoms with Gasteiger partial charge in [-0.3, -0.25) is 0 Å². The van der Waals surface area contributed by atoms with Crippen molar-refractivity contribution in [2.75, 3.05) is 13.1 Å². The van der Waals surface area contributed by atoms with Crippen LogP contribution in [0.3, 0.4) is 0 Å². The van der Waals surface area contributed by atoms with Crippen molar-refractivity contribution < 1.29 is 13.5 Å². The fraction of sp³-hybridized carbons (Fsp3) is 0.769. The van der Waals surface area contributed by atoms with Crippen LogP contribution in [0.25, 0.3) is 0 Å². The van der Waals surface area contributed by atoms with Gasteiger partial charge in [0.2, 0.25) is 0 Å². The Morgan fingerprint density at radius 2 is 2.10 bits per heavy atom. The Hall–Kier alpha value is -0.920. The summed E-state index contributed by atoms with van der Waals surface area (Å²) in [5.74, 6) is 0.00529. The molecule has 1 aromatic rings. The van der Waals surface area contributed by atoms with E-state index in [0.29, 0.717) is 13.1 Å². The third kappa shape index (κ3) is 3.05. The van der Waals surface area contributed by atoms with E-state index in [1.165, 1.54) is 4.31 Å². The Morgan fingerprint density at radius 1 is 1.40 bits per heavy atom. The van der Waals surface area contributed by atoms with E-state index in [2.05, 4.69) is 4.98 Å². The summed E-state index contributed by atoms with van der Waals surface area (Å²) >= 11 is 0. The quantitative estimate of drug-likeness (QED) is 0.908. The van der Waals surface area contributed by atoms with Crippen LogP contribution in [0, 0.1) is 5.92 Å². The minimum atomic E-state index is -3.55. The number of nitrogens with zero attached hydrogens (tertiary/aromatic N) is 3. The van der Waals surface area contributed by atoms with Crippen LogP contribution >= 0.6 is 0 Å². The molecule has 1 saturated heterocycles. The summed E-state index contributed by atoms with van der Waals surface area (Å²) in [7, 11) is -3.55. The van der Waals surface area contributed by atoms with Gasteiger partial charge in [0.25, 0.3) is 10.0 Å². The van der Waals surface area contributed by atoms with Gasteiger partial charge < -0.3 is 9.67 Å². The van der Waals surface area contributed by atoms with Crippen molar-refractivity contribution in [3.63, 3.8) is 0 Å². The predicted octanol–water partition coefficient (Wildman–Crippen LogP) is 1.25. The van der Waals surface area contributed by atoms with Crippen molar-refractivity contribution in [2.45, 2.75) is 50.8 Å². The number of hydrogen-bond acceptors (Lipinski definition) is 4. The first-order valence-electron chi connectivity index (χ1n) is 7.04. The summed E-state index contributed by atoms with van der Waals surface area (Å²) in [6.45, 7) is 6.54. The van der Waals surface area contributed by atoms with Crippen LogP contribution in [0.4, 0.5) is 0 Å². The fourth-order valence-corrected chi connectivity index (χ4v) is 3.91. The second kappa shape index (κ2) is 5.83. The van der Waals surface area contributed by atoms with E-state index in [9.17, 15) is 13.5 Å².